The van der Waals surface area contributed by atoms with Gasteiger partial charge in [0.1, 0.15) is 11.6 Å². The van der Waals surface area contributed by atoms with Crippen molar-refractivity contribution < 1.29 is 0 Å². The van der Waals surface area contributed by atoms with Gasteiger partial charge >= 0.3 is 0 Å². The van der Waals surface area contributed by atoms with Crippen LogP contribution in [0.2, 0.25) is 0 Å². The quantitative estimate of drug-likeness (QED) is 0.826. The van der Waals surface area contributed by atoms with Gasteiger partial charge in [-0.25, -0.2) is 9.97 Å². The second kappa shape index (κ2) is 4.22. The average molecular weight is 256 g/mol. The predicted molar refractivity (Wildman–Crippen MR) is 73.3 cm³/mol. The molecule has 0 bridgehead atoms. The molecule has 100 valence electrons. The van der Waals surface area contributed by atoms with Crippen molar-refractivity contribution in [2.75, 3.05) is 0 Å². The third kappa shape index (κ3) is 1.73. The highest BCUT2D eigenvalue weighted by molar-refractivity contribution is 5.24. The molecule has 4 rings (SSSR count). The largest absolute Gasteiger partial charge is 0.332 e. The molecule has 2 aliphatic rings. The fourth-order valence-corrected chi connectivity index (χ4v) is 3.59. The Morgan fingerprint density at radius 2 is 2.00 bits per heavy atom. The summed E-state index contributed by atoms with van der Waals surface area (Å²) in [5.41, 5.74) is 4.12. The van der Waals surface area contributed by atoms with Gasteiger partial charge in [-0.15, -0.1) is 0 Å². The first-order chi connectivity index (χ1) is 9.33. The molecule has 4 heteroatoms. The van der Waals surface area contributed by atoms with E-state index in [-0.39, 0.29) is 0 Å². The molecule has 4 heterocycles. The first-order valence-electron chi connectivity index (χ1n) is 7.41. The zero-order chi connectivity index (χ0) is 12.8. The number of hydrogen-bond acceptors (Lipinski definition) is 2. The Kier molecular flexibility index (Phi) is 2.50. The molecule has 0 fully saturated rings. The fourth-order valence-electron chi connectivity index (χ4n) is 3.59. The molecule has 0 unspecified atom stereocenters. The van der Waals surface area contributed by atoms with Crippen LogP contribution < -0.4 is 0 Å². The monoisotopic (exact) mass is 256 g/mol. The van der Waals surface area contributed by atoms with E-state index in [0.29, 0.717) is 0 Å². The summed E-state index contributed by atoms with van der Waals surface area (Å²) < 4.78 is 4.80. The van der Waals surface area contributed by atoms with Crippen molar-refractivity contribution in [3.63, 3.8) is 0 Å². The van der Waals surface area contributed by atoms with Gasteiger partial charge in [-0.1, -0.05) is 0 Å². The van der Waals surface area contributed by atoms with E-state index in [2.05, 4.69) is 27.2 Å². The number of rotatable bonds is 2. The summed E-state index contributed by atoms with van der Waals surface area (Å²) in [6.07, 6.45) is 9.21. The van der Waals surface area contributed by atoms with Gasteiger partial charge in [0, 0.05) is 30.7 Å². The first-order valence-corrected chi connectivity index (χ1v) is 7.41. The van der Waals surface area contributed by atoms with Gasteiger partial charge in [0.05, 0.1) is 12.1 Å². The summed E-state index contributed by atoms with van der Waals surface area (Å²) in [5, 5.41) is 0. The number of fused-ring (bicyclic) bond motifs is 2. The molecule has 0 saturated heterocycles. The van der Waals surface area contributed by atoms with Crippen molar-refractivity contribution in [1.29, 1.82) is 0 Å². The second-order valence-electron chi connectivity index (χ2n) is 5.76. The Balaban J connectivity index is 1.69. The van der Waals surface area contributed by atoms with E-state index in [1.165, 1.54) is 60.8 Å². The maximum Gasteiger partial charge on any atom is 0.114 e. The lowest BCUT2D eigenvalue weighted by atomic mass is 10.1. The molecule has 2 aromatic rings. The first kappa shape index (κ1) is 11.3. The molecule has 0 spiro atoms. The smallest absolute Gasteiger partial charge is 0.114 e. The Labute approximate surface area is 113 Å². The summed E-state index contributed by atoms with van der Waals surface area (Å²) in [7, 11) is 0. The topological polar surface area (TPSA) is 35.6 Å². The molecular weight excluding hydrogens is 236 g/mol. The lowest BCUT2D eigenvalue weighted by Gasteiger charge is -2.16. The van der Waals surface area contributed by atoms with Crippen molar-refractivity contribution in [1.82, 2.24) is 19.1 Å². The van der Waals surface area contributed by atoms with Crippen molar-refractivity contribution in [2.24, 2.45) is 0 Å². The lowest BCUT2D eigenvalue weighted by Crippen LogP contribution is -2.13. The zero-order valence-electron chi connectivity index (χ0n) is 11.5. The van der Waals surface area contributed by atoms with E-state index >= 15 is 0 Å². The van der Waals surface area contributed by atoms with Gasteiger partial charge < -0.3 is 9.13 Å². The van der Waals surface area contributed by atoms with E-state index in [9.17, 15) is 0 Å². The maximum absolute atomic E-state index is 4.77. The molecule has 2 aromatic heterocycles. The fraction of sp³-hybridized carbons (Fsp3) is 0.600. The Morgan fingerprint density at radius 3 is 2.95 bits per heavy atom. The Hall–Kier alpha value is -1.58. The molecule has 0 atom stereocenters. The van der Waals surface area contributed by atoms with Crippen LogP contribution in [0.3, 0.4) is 0 Å². The van der Waals surface area contributed by atoms with Crippen LogP contribution in [-0.4, -0.2) is 19.1 Å². The molecule has 0 amide bonds. The highest BCUT2D eigenvalue weighted by Gasteiger charge is 2.21. The van der Waals surface area contributed by atoms with Crippen LogP contribution in [0.5, 0.6) is 0 Å². The number of aromatic nitrogens is 4. The minimum Gasteiger partial charge on any atom is -0.332 e. The molecular formula is C15H20N4. The van der Waals surface area contributed by atoms with Crippen LogP contribution >= 0.6 is 0 Å². The lowest BCUT2D eigenvalue weighted by molar-refractivity contribution is 0.517. The third-order valence-electron chi connectivity index (χ3n) is 4.55. The highest BCUT2D eigenvalue weighted by atomic mass is 15.1. The van der Waals surface area contributed by atoms with Gasteiger partial charge in [-0.3, -0.25) is 0 Å². The molecule has 0 aliphatic carbocycles. The number of aryl methyl sites for hydroxylation is 2. The van der Waals surface area contributed by atoms with Crippen molar-refractivity contribution in [3.05, 3.63) is 34.9 Å². The van der Waals surface area contributed by atoms with Crippen LogP contribution in [0.1, 0.15) is 48.0 Å². The Morgan fingerprint density at radius 1 is 1.11 bits per heavy atom. The highest BCUT2D eigenvalue weighted by Crippen LogP contribution is 2.24. The van der Waals surface area contributed by atoms with Gasteiger partial charge in [-0.2, -0.15) is 0 Å². The molecule has 4 nitrogen and oxygen atoms in total. The molecule has 19 heavy (non-hydrogen) atoms. The molecule has 0 aromatic carbocycles. The average Bonchev–Trinajstić information content (AvgIpc) is 3.09. The van der Waals surface area contributed by atoms with Gasteiger partial charge in [0.15, 0.2) is 0 Å². The second-order valence-corrected chi connectivity index (χ2v) is 5.76. The predicted octanol–water partition coefficient (Wildman–Crippen LogP) is 2.26. The summed E-state index contributed by atoms with van der Waals surface area (Å²) in [5.74, 6) is 2.38. The minimum atomic E-state index is 0.906. The van der Waals surface area contributed by atoms with Crippen molar-refractivity contribution in [2.45, 2.75) is 58.5 Å². The van der Waals surface area contributed by atoms with Crippen LogP contribution in [-0.2, 0) is 32.4 Å². The van der Waals surface area contributed by atoms with E-state index in [1.54, 1.807) is 0 Å². The van der Waals surface area contributed by atoms with Crippen LogP contribution in [0.25, 0.3) is 0 Å². The van der Waals surface area contributed by atoms with E-state index in [4.69, 9.17) is 4.98 Å². The minimum absolute atomic E-state index is 0.906. The Bertz CT molecular complexity index is 620. The zero-order valence-corrected chi connectivity index (χ0v) is 11.5. The van der Waals surface area contributed by atoms with Crippen LogP contribution in [0, 0.1) is 6.92 Å². The number of nitrogens with zero attached hydrogens (tertiary/aromatic N) is 4. The van der Waals surface area contributed by atoms with E-state index in [0.717, 1.165) is 19.5 Å². The van der Waals surface area contributed by atoms with Gasteiger partial charge in [0.2, 0.25) is 0 Å². The summed E-state index contributed by atoms with van der Waals surface area (Å²) in [6.45, 7) is 4.41. The SMILES string of the molecule is Cc1nc(Cc2ncc3n2CCCC3)c2n1CCC2. The maximum atomic E-state index is 4.77. The summed E-state index contributed by atoms with van der Waals surface area (Å²) in [6, 6.07) is 0. The number of imidazole rings is 2. The van der Waals surface area contributed by atoms with Crippen LogP contribution in [0.4, 0.5) is 0 Å². The summed E-state index contributed by atoms with van der Waals surface area (Å²) >= 11 is 0. The number of hydrogen-bond donors (Lipinski definition) is 0. The molecule has 2 aliphatic heterocycles. The van der Waals surface area contributed by atoms with Crippen molar-refractivity contribution in [3.8, 4) is 0 Å². The van der Waals surface area contributed by atoms with Gasteiger partial charge in [-0.05, 0) is 39.0 Å². The molecule has 0 saturated carbocycles. The van der Waals surface area contributed by atoms with E-state index < -0.39 is 0 Å². The normalized spacial score (nSPS) is 17.5. The summed E-state index contributed by atoms with van der Waals surface area (Å²) in [4.78, 5) is 9.41. The third-order valence-corrected chi connectivity index (χ3v) is 4.55. The van der Waals surface area contributed by atoms with E-state index in [1.807, 2.05) is 0 Å². The van der Waals surface area contributed by atoms with Crippen LogP contribution in [0.15, 0.2) is 6.20 Å². The van der Waals surface area contributed by atoms with Crippen molar-refractivity contribution >= 4 is 0 Å². The molecule has 0 N–H and O–H groups in total. The standard InChI is InChI=1S/C15H20N4/c1-11-17-13(14-6-4-8-18(11)14)9-15-16-10-12-5-2-3-7-19(12)15/h10H,2-9H2,1H3. The molecule has 0 radical (unpaired) electrons. The van der Waals surface area contributed by atoms with Gasteiger partial charge in [0.25, 0.3) is 0 Å².